The highest BCUT2D eigenvalue weighted by molar-refractivity contribution is 5.94. The first kappa shape index (κ1) is 15.7. The largest absolute Gasteiger partial charge is 0.491 e. The zero-order chi connectivity index (χ0) is 15.2. The molecule has 0 aromatic heterocycles. The smallest absolute Gasteiger partial charge is 0.342 e. The number of benzene rings is 1. The van der Waals surface area contributed by atoms with Crippen LogP contribution >= 0.6 is 0 Å². The Hall–Kier alpha value is -1.71. The molecule has 1 saturated carbocycles. The van der Waals surface area contributed by atoms with Gasteiger partial charge in [-0.05, 0) is 44.2 Å². The summed E-state index contributed by atoms with van der Waals surface area (Å²) >= 11 is 0. The second-order valence-electron chi connectivity index (χ2n) is 5.63. The Morgan fingerprint density at radius 3 is 2.86 bits per heavy atom. The fourth-order valence-electron chi connectivity index (χ4n) is 2.96. The molecule has 0 spiro atoms. The van der Waals surface area contributed by atoms with E-state index in [-0.39, 0.29) is 12.1 Å². The first-order valence-corrected chi connectivity index (χ1v) is 7.87. The van der Waals surface area contributed by atoms with Gasteiger partial charge in [-0.15, -0.1) is 0 Å². The van der Waals surface area contributed by atoms with Crippen LogP contribution in [-0.4, -0.2) is 18.7 Å². The van der Waals surface area contributed by atoms with E-state index in [9.17, 15) is 4.79 Å². The van der Waals surface area contributed by atoms with E-state index in [0.717, 1.165) is 25.7 Å². The van der Waals surface area contributed by atoms with Crippen LogP contribution in [0.5, 0.6) is 5.75 Å². The molecule has 1 aromatic carbocycles. The number of para-hydroxylation sites is 1. The van der Waals surface area contributed by atoms with Crippen molar-refractivity contribution >= 4 is 11.7 Å². The second kappa shape index (κ2) is 7.34. The maximum atomic E-state index is 12.4. The molecular weight excluding hydrogens is 266 g/mol. The normalized spacial score (nSPS) is 21.8. The number of carbonyl (C=O) groups is 1. The molecule has 0 radical (unpaired) electrons. The highest BCUT2D eigenvalue weighted by Crippen LogP contribution is 2.31. The van der Waals surface area contributed by atoms with Gasteiger partial charge in [0.25, 0.3) is 0 Å². The highest BCUT2D eigenvalue weighted by atomic mass is 16.5. The number of ether oxygens (including phenoxy) is 2. The van der Waals surface area contributed by atoms with Gasteiger partial charge in [0, 0.05) is 0 Å². The van der Waals surface area contributed by atoms with Crippen molar-refractivity contribution in [2.24, 2.45) is 5.92 Å². The van der Waals surface area contributed by atoms with E-state index in [1.165, 1.54) is 6.42 Å². The number of anilines is 1. The minimum atomic E-state index is -0.326. The maximum absolute atomic E-state index is 12.4. The maximum Gasteiger partial charge on any atom is 0.342 e. The molecule has 1 aromatic rings. The van der Waals surface area contributed by atoms with Gasteiger partial charge in [-0.1, -0.05) is 25.8 Å². The van der Waals surface area contributed by atoms with Crippen molar-refractivity contribution in [2.75, 3.05) is 12.3 Å². The predicted octanol–water partition coefficient (Wildman–Crippen LogP) is 3.79. The van der Waals surface area contributed by atoms with Gasteiger partial charge in [-0.2, -0.15) is 0 Å². The van der Waals surface area contributed by atoms with Gasteiger partial charge in [0.15, 0.2) is 5.75 Å². The summed E-state index contributed by atoms with van der Waals surface area (Å²) in [6, 6.07) is 5.20. The molecular formula is C17H25NO3. The third-order valence-electron chi connectivity index (χ3n) is 4.14. The van der Waals surface area contributed by atoms with Crippen molar-refractivity contribution in [3.63, 3.8) is 0 Å². The van der Waals surface area contributed by atoms with E-state index in [1.807, 2.05) is 6.92 Å². The molecule has 1 fully saturated rings. The van der Waals surface area contributed by atoms with Crippen LogP contribution < -0.4 is 10.5 Å². The van der Waals surface area contributed by atoms with Gasteiger partial charge in [0.2, 0.25) is 0 Å². The Labute approximate surface area is 126 Å². The Morgan fingerprint density at radius 1 is 1.33 bits per heavy atom. The lowest BCUT2D eigenvalue weighted by Crippen LogP contribution is -2.25. The standard InChI is InChI=1S/C17H25NO3/c1-3-12-7-5-8-13(11-12)21-17(19)14-9-6-10-15(18)16(14)20-4-2/h6,9-10,12-13H,3-5,7-8,11,18H2,1-2H3. The SMILES string of the molecule is CCOc1c(N)cccc1C(=O)OC1CCCC(CC)C1. The van der Waals surface area contributed by atoms with Crippen LogP contribution in [0.1, 0.15) is 56.3 Å². The first-order valence-electron chi connectivity index (χ1n) is 7.87. The molecule has 1 aliphatic rings. The molecule has 2 rings (SSSR count). The lowest BCUT2D eigenvalue weighted by Gasteiger charge is -2.28. The summed E-state index contributed by atoms with van der Waals surface area (Å²) in [5.41, 5.74) is 6.79. The van der Waals surface area contributed by atoms with Crippen LogP contribution in [0, 0.1) is 5.92 Å². The number of carbonyl (C=O) groups excluding carboxylic acids is 1. The fourth-order valence-corrected chi connectivity index (χ4v) is 2.96. The van der Waals surface area contributed by atoms with E-state index >= 15 is 0 Å². The van der Waals surface area contributed by atoms with Crippen LogP contribution in [0.3, 0.4) is 0 Å². The lowest BCUT2D eigenvalue weighted by molar-refractivity contribution is 0.0136. The topological polar surface area (TPSA) is 61.5 Å². The van der Waals surface area contributed by atoms with E-state index in [4.69, 9.17) is 15.2 Å². The van der Waals surface area contributed by atoms with Crippen molar-refractivity contribution in [2.45, 2.75) is 52.1 Å². The minimum Gasteiger partial charge on any atom is -0.491 e. The van der Waals surface area contributed by atoms with E-state index in [1.54, 1.807) is 18.2 Å². The molecule has 0 bridgehead atoms. The minimum absolute atomic E-state index is 0.0205. The fraction of sp³-hybridized carbons (Fsp3) is 0.588. The highest BCUT2D eigenvalue weighted by Gasteiger charge is 2.25. The zero-order valence-corrected chi connectivity index (χ0v) is 12.9. The summed E-state index contributed by atoms with van der Waals surface area (Å²) in [5.74, 6) is 0.782. The van der Waals surface area contributed by atoms with E-state index < -0.39 is 0 Å². The molecule has 2 atom stereocenters. The van der Waals surface area contributed by atoms with Crippen molar-refractivity contribution in [1.82, 2.24) is 0 Å². The Morgan fingerprint density at radius 2 is 2.14 bits per heavy atom. The molecule has 4 heteroatoms. The van der Waals surface area contributed by atoms with Crippen molar-refractivity contribution in [1.29, 1.82) is 0 Å². The molecule has 21 heavy (non-hydrogen) atoms. The zero-order valence-electron chi connectivity index (χ0n) is 12.9. The summed E-state index contributed by atoms with van der Waals surface area (Å²) in [4.78, 5) is 12.4. The first-order chi connectivity index (χ1) is 10.2. The second-order valence-corrected chi connectivity index (χ2v) is 5.63. The molecule has 2 N–H and O–H groups in total. The summed E-state index contributed by atoms with van der Waals surface area (Å²) in [6.07, 6.45) is 5.46. The van der Waals surface area contributed by atoms with Gasteiger partial charge in [-0.25, -0.2) is 4.79 Å². The van der Waals surface area contributed by atoms with Crippen LogP contribution in [0.15, 0.2) is 18.2 Å². The molecule has 116 valence electrons. The number of hydrogen-bond donors (Lipinski definition) is 1. The molecule has 4 nitrogen and oxygen atoms in total. The molecule has 0 amide bonds. The number of esters is 1. The molecule has 1 aliphatic carbocycles. The number of hydrogen-bond acceptors (Lipinski definition) is 4. The van der Waals surface area contributed by atoms with Gasteiger partial charge < -0.3 is 15.2 Å². The van der Waals surface area contributed by atoms with Crippen LogP contribution in [0.25, 0.3) is 0 Å². The number of nitrogens with two attached hydrogens (primary N) is 1. The Balaban J connectivity index is 2.08. The van der Waals surface area contributed by atoms with E-state index in [0.29, 0.717) is 29.5 Å². The Bertz CT molecular complexity index is 487. The third kappa shape index (κ3) is 3.90. The van der Waals surface area contributed by atoms with Gasteiger partial charge >= 0.3 is 5.97 Å². The van der Waals surface area contributed by atoms with Crippen LogP contribution in [-0.2, 0) is 4.74 Å². The van der Waals surface area contributed by atoms with Crippen molar-refractivity contribution in [3.05, 3.63) is 23.8 Å². The summed E-state index contributed by atoms with van der Waals surface area (Å²) in [7, 11) is 0. The Kier molecular flexibility index (Phi) is 5.48. The quantitative estimate of drug-likeness (QED) is 0.662. The lowest BCUT2D eigenvalue weighted by atomic mass is 9.85. The van der Waals surface area contributed by atoms with Gasteiger partial charge in [0.1, 0.15) is 11.7 Å². The third-order valence-corrected chi connectivity index (χ3v) is 4.14. The van der Waals surface area contributed by atoms with Crippen molar-refractivity contribution in [3.8, 4) is 5.75 Å². The van der Waals surface area contributed by atoms with E-state index in [2.05, 4.69) is 6.92 Å². The summed E-state index contributed by atoms with van der Waals surface area (Å²) in [6.45, 7) is 4.53. The average molecular weight is 291 g/mol. The van der Waals surface area contributed by atoms with Gasteiger partial charge in [-0.3, -0.25) is 0 Å². The molecule has 0 saturated heterocycles. The summed E-state index contributed by atoms with van der Waals surface area (Å²) < 4.78 is 11.2. The molecule has 0 aliphatic heterocycles. The van der Waals surface area contributed by atoms with Crippen LogP contribution in [0.2, 0.25) is 0 Å². The number of nitrogen functional groups attached to an aromatic ring is 1. The molecule has 2 unspecified atom stereocenters. The monoisotopic (exact) mass is 291 g/mol. The summed E-state index contributed by atoms with van der Waals surface area (Å²) in [5, 5.41) is 0. The predicted molar refractivity (Wildman–Crippen MR) is 83.5 cm³/mol. The van der Waals surface area contributed by atoms with Crippen LogP contribution in [0.4, 0.5) is 5.69 Å². The van der Waals surface area contributed by atoms with Crippen molar-refractivity contribution < 1.29 is 14.3 Å². The average Bonchev–Trinajstić information content (AvgIpc) is 2.49. The molecule has 0 heterocycles. The number of rotatable bonds is 5. The van der Waals surface area contributed by atoms with Gasteiger partial charge in [0.05, 0.1) is 12.3 Å².